The van der Waals surface area contributed by atoms with Crippen LogP contribution < -0.4 is 0 Å². The summed E-state index contributed by atoms with van der Waals surface area (Å²) >= 11 is 0. The zero-order valence-electron chi connectivity index (χ0n) is 11.5. The maximum atomic E-state index is 12.5. The Balaban J connectivity index is 2.18. The summed E-state index contributed by atoms with van der Waals surface area (Å²) in [6.07, 6.45) is 4.80. The molecule has 0 bridgehead atoms. The largest absolute Gasteiger partial charge is 0.388 e. The number of aliphatic hydroxyl groups excluding tert-OH is 1. The van der Waals surface area contributed by atoms with Gasteiger partial charge in [-0.3, -0.25) is 4.21 Å². The maximum absolute atomic E-state index is 12.5. The zero-order valence-corrected chi connectivity index (χ0v) is 12.3. The smallest absolute Gasteiger partial charge is 0.0871 e. The van der Waals surface area contributed by atoms with E-state index in [0.717, 1.165) is 16.7 Å². The number of benzene rings is 1. The Labute approximate surface area is 118 Å². The molecule has 2 nitrogen and oxygen atoms in total. The van der Waals surface area contributed by atoms with Gasteiger partial charge >= 0.3 is 0 Å². The third kappa shape index (κ3) is 3.26. The Morgan fingerprint density at radius 1 is 1.11 bits per heavy atom. The fourth-order valence-corrected chi connectivity index (χ4v) is 3.21. The van der Waals surface area contributed by atoms with Crippen molar-refractivity contribution in [1.82, 2.24) is 0 Å². The van der Waals surface area contributed by atoms with E-state index >= 15 is 0 Å². The van der Waals surface area contributed by atoms with E-state index in [-0.39, 0.29) is 4.75 Å². The summed E-state index contributed by atoms with van der Waals surface area (Å²) in [6, 6.07) is 9.45. The number of rotatable bonds is 3. The van der Waals surface area contributed by atoms with Crippen LogP contribution in [0, 0.1) is 30.4 Å². The fraction of sp³-hybridized carbons (Fsp3) is 0.312. The fourth-order valence-electron chi connectivity index (χ4n) is 1.96. The van der Waals surface area contributed by atoms with Crippen molar-refractivity contribution in [3.8, 4) is 0 Å². The minimum absolute atomic E-state index is 0.334. The Hall–Kier alpha value is -0.670. The summed E-state index contributed by atoms with van der Waals surface area (Å²) in [6.45, 7) is 5.82. The molecular formula is C16H19O2S. The molecule has 0 saturated heterocycles. The van der Waals surface area contributed by atoms with Crippen LogP contribution in [-0.4, -0.2) is 14.1 Å². The van der Waals surface area contributed by atoms with Crippen molar-refractivity contribution in [2.24, 2.45) is 0 Å². The third-order valence-corrected chi connectivity index (χ3v) is 4.86. The molecule has 0 aliphatic heterocycles. The highest BCUT2D eigenvalue weighted by Crippen LogP contribution is 2.45. The summed E-state index contributed by atoms with van der Waals surface area (Å²) < 4.78 is 12.2. The van der Waals surface area contributed by atoms with Gasteiger partial charge in [-0.05, 0) is 45.6 Å². The predicted octanol–water partition coefficient (Wildman–Crippen LogP) is 3.00. The molecule has 0 heterocycles. The van der Waals surface area contributed by atoms with Gasteiger partial charge in [-0.25, -0.2) is 0 Å². The number of aliphatic hydroxyl groups is 1. The second kappa shape index (κ2) is 5.76. The van der Waals surface area contributed by atoms with E-state index in [9.17, 15) is 9.32 Å². The molecule has 1 aliphatic carbocycles. The van der Waals surface area contributed by atoms with E-state index in [1.54, 1.807) is 0 Å². The lowest BCUT2D eigenvalue weighted by atomic mass is 9.94. The van der Waals surface area contributed by atoms with Gasteiger partial charge in [-0.2, -0.15) is 0 Å². The molecule has 101 valence electrons. The van der Waals surface area contributed by atoms with E-state index < -0.39 is 16.9 Å². The standard InChI is InChI=1S/C16H19O2S/c1-16(2,3)19(18)14-11-7-10-13(14)15(17)12-8-5-4-6-9-12/h4-11,15,17H,1-3H3/t15-,19-/m0/s1. The van der Waals surface area contributed by atoms with Crippen molar-refractivity contribution in [2.75, 3.05) is 0 Å². The molecule has 0 amide bonds. The van der Waals surface area contributed by atoms with Gasteiger partial charge in [0.2, 0.25) is 0 Å². The molecule has 3 heteroatoms. The second-order valence-electron chi connectivity index (χ2n) is 5.54. The molecule has 1 fully saturated rings. The first-order valence-electron chi connectivity index (χ1n) is 6.32. The molecule has 1 aliphatic rings. The maximum Gasteiger partial charge on any atom is 0.0871 e. The van der Waals surface area contributed by atoms with Crippen LogP contribution >= 0.6 is 0 Å². The molecule has 0 aromatic heterocycles. The molecule has 5 radical (unpaired) electrons. The van der Waals surface area contributed by atoms with Gasteiger partial charge in [-0.15, -0.1) is 0 Å². The lowest BCUT2D eigenvalue weighted by Crippen LogP contribution is -2.30. The topological polar surface area (TPSA) is 37.3 Å². The molecule has 2 rings (SSSR count). The van der Waals surface area contributed by atoms with E-state index in [1.165, 1.54) is 0 Å². The van der Waals surface area contributed by atoms with Crippen LogP contribution in [0.5, 0.6) is 0 Å². The van der Waals surface area contributed by atoms with Gasteiger partial charge in [0, 0.05) is 21.5 Å². The molecule has 1 N–H and O–H groups in total. The number of hydrogen-bond acceptors (Lipinski definition) is 2. The monoisotopic (exact) mass is 275 g/mol. The van der Waals surface area contributed by atoms with Gasteiger partial charge < -0.3 is 5.11 Å². The first-order valence-corrected chi connectivity index (χ1v) is 7.46. The zero-order chi connectivity index (χ0) is 14.0. The SMILES string of the molecule is CC(C)(C)[S@@](=O)[C]1[CH][CH][CH][C]1[C@@H](O)c1ccccc1. The molecule has 1 aromatic carbocycles. The molecular weight excluding hydrogens is 256 g/mol. The normalized spacial score (nSPS) is 21.5. The van der Waals surface area contributed by atoms with Crippen LogP contribution in [0.25, 0.3) is 0 Å². The van der Waals surface area contributed by atoms with E-state index in [2.05, 4.69) is 0 Å². The molecule has 0 unspecified atom stereocenters. The quantitative estimate of drug-likeness (QED) is 0.920. The summed E-state index contributed by atoms with van der Waals surface area (Å²) in [5, 5.41) is 11.2. The molecule has 19 heavy (non-hydrogen) atoms. The van der Waals surface area contributed by atoms with Crippen LogP contribution in [0.3, 0.4) is 0 Å². The minimum atomic E-state index is -1.14. The Morgan fingerprint density at radius 2 is 1.74 bits per heavy atom. The second-order valence-corrected chi connectivity index (χ2v) is 7.74. The predicted molar refractivity (Wildman–Crippen MR) is 78.7 cm³/mol. The van der Waals surface area contributed by atoms with Crippen LogP contribution in [0.2, 0.25) is 0 Å². The van der Waals surface area contributed by atoms with Gasteiger partial charge in [-0.1, -0.05) is 30.3 Å². The van der Waals surface area contributed by atoms with E-state index in [4.69, 9.17) is 0 Å². The van der Waals surface area contributed by atoms with Crippen LogP contribution in [0.4, 0.5) is 0 Å². The Morgan fingerprint density at radius 3 is 2.32 bits per heavy atom. The van der Waals surface area contributed by atoms with Gasteiger partial charge in [0.05, 0.1) is 11.4 Å². The summed E-state index contributed by atoms with van der Waals surface area (Å²) in [7, 11) is -1.14. The van der Waals surface area contributed by atoms with Crippen LogP contribution in [-0.2, 0) is 10.8 Å². The number of hydrogen-bond donors (Lipinski definition) is 1. The molecule has 0 spiro atoms. The van der Waals surface area contributed by atoms with Crippen molar-refractivity contribution >= 4 is 10.8 Å². The average Bonchev–Trinajstić information content (AvgIpc) is 2.85. The molecule has 1 aromatic rings. The van der Waals surface area contributed by atoms with Crippen LogP contribution in [0.15, 0.2) is 30.3 Å². The molecule has 1 saturated carbocycles. The van der Waals surface area contributed by atoms with Crippen molar-refractivity contribution in [1.29, 1.82) is 0 Å². The highest BCUT2D eigenvalue weighted by Gasteiger charge is 2.42. The van der Waals surface area contributed by atoms with E-state index in [1.807, 2.05) is 70.4 Å². The van der Waals surface area contributed by atoms with Crippen molar-refractivity contribution in [2.45, 2.75) is 31.6 Å². The first-order chi connectivity index (χ1) is 8.91. The van der Waals surface area contributed by atoms with Gasteiger partial charge in [0.15, 0.2) is 0 Å². The van der Waals surface area contributed by atoms with Crippen molar-refractivity contribution < 1.29 is 9.32 Å². The summed E-state index contributed by atoms with van der Waals surface area (Å²) in [5.41, 5.74) is 0.820. The van der Waals surface area contributed by atoms with Crippen molar-refractivity contribution in [3.63, 3.8) is 0 Å². The highest BCUT2D eigenvalue weighted by molar-refractivity contribution is 7.89. The Bertz CT molecular complexity index is 436. The lowest BCUT2D eigenvalue weighted by Gasteiger charge is -2.28. The highest BCUT2D eigenvalue weighted by atomic mass is 32.2. The van der Waals surface area contributed by atoms with Crippen LogP contribution in [0.1, 0.15) is 32.4 Å². The molecule has 2 atom stereocenters. The Kier molecular flexibility index (Phi) is 4.46. The first kappa shape index (κ1) is 14.7. The average molecular weight is 275 g/mol. The summed E-state index contributed by atoms with van der Waals surface area (Å²) in [4.78, 5) is 0. The van der Waals surface area contributed by atoms with Crippen molar-refractivity contribution in [3.05, 3.63) is 66.3 Å². The summed E-state index contributed by atoms with van der Waals surface area (Å²) in [5.74, 6) is 0.736. The van der Waals surface area contributed by atoms with E-state index in [0.29, 0.717) is 0 Å². The lowest BCUT2D eigenvalue weighted by molar-refractivity contribution is 0.199. The minimum Gasteiger partial charge on any atom is -0.388 e. The van der Waals surface area contributed by atoms with Gasteiger partial charge in [0.1, 0.15) is 0 Å². The third-order valence-electron chi connectivity index (χ3n) is 2.97. The van der Waals surface area contributed by atoms with Gasteiger partial charge in [0.25, 0.3) is 0 Å².